The summed E-state index contributed by atoms with van der Waals surface area (Å²) in [4.78, 5) is 22.0. The first-order valence-corrected chi connectivity index (χ1v) is 5.59. The molecule has 0 aromatic heterocycles. The van der Waals surface area contributed by atoms with Gasteiger partial charge in [-0.2, -0.15) is 5.26 Å². The van der Waals surface area contributed by atoms with Gasteiger partial charge in [-0.15, -0.1) is 0 Å². The van der Waals surface area contributed by atoms with Gasteiger partial charge in [0.15, 0.2) is 18.1 Å². The predicted molar refractivity (Wildman–Crippen MR) is 67.5 cm³/mol. The first-order valence-electron chi connectivity index (χ1n) is 5.21. The van der Waals surface area contributed by atoms with Crippen molar-refractivity contribution in [3.63, 3.8) is 0 Å². The predicted octanol–water partition coefficient (Wildman–Crippen LogP) is 1.18. The van der Waals surface area contributed by atoms with Gasteiger partial charge < -0.3 is 14.8 Å². The van der Waals surface area contributed by atoms with E-state index in [0.29, 0.717) is 11.8 Å². The van der Waals surface area contributed by atoms with E-state index in [1.54, 1.807) is 6.07 Å². The van der Waals surface area contributed by atoms with Gasteiger partial charge in [0, 0.05) is 5.56 Å². The maximum atomic E-state index is 11.3. The topological polar surface area (TPSA) is 88.4 Å². The number of nitrogens with zero attached hydrogens (tertiary/aromatic N) is 1. The molecule has 0 radical (unpaired) electrons. The molecule has 1 aromatic carbocycles. The van der Waals surface area contributed by atoms with E-state index in [4.69, 9.17) is 26.3 Å². The van der Waals surface area contributed by atoms with Crippen LogP contribution >= 0.6 is 11.6 Å². The van der Waals surface area contributed by atoms with Crippen LogP contribution < -0.4 is 14.8 Å². The number of halogens is 1. The van der Waals surface area contributed by atoms with Crippen molar-refractivity contribution in [1.29, 1.82) is 5.26 Å². The summed E-state index contributed by atoms with van der Waals surface area (Å²) in [6.45, 7) is -0.407. The van der Waals surface area contributed by atoms with Crippen molar-refractivity contribution >= 4 is 23.8 Å². The summed E-state index contributed by atoms with van der Waals surface area (Å²) < 4.78 is 10.3. The lowest BCUT2D eigenvalue weighted by molar-refractivity contribution is -0.122. The molecule has 7 heteroatoms. The number of nitriles is 1. The minimum atomic E-state index is -0.459. The van der Waals surface area contributed by atoms with E-state index in [0.717, 1.165) is 0 Å². The Morgan fingerprint density at radius 3 is 2.89 bits per heavy atom. The van der Waals surface area contributed by atoms with Gasteiger partial charge in [-0.3, -0.25) is 9.59 Å². The quantitative estimate of drug-likeness (QED) is 0.625. The SMILES string of the molecule is COc1cc(C=O)cc(Cl)c1OCC(=O)NCC#N. The Morgan fingerprint density at radius 1 is 1.58 bits per heavy atom. The zero-order valence-corrected chi connectivity index (χ0v) is 10.9. The highest BCUT2D eigenvalue weighted by atomic mass is 35.5. The van der Waals surface area contributed by atoms with Gasteiger partial charge >= 0.3 is 0 Å². The summed E-state index contributed by atoms with van der Waals surface area (Å²) in [6.07, 6.45) is 0.623. The largest absolute Gasteiger partial charge is 0.493 e. The lowest BCUT2D eigenvalue weighted by Gasteiger charge is -2.12. The number of amides is 1. The fourth-order valence-electron chi connectivity index (χ4n) is 1.27. The Morgan fingerprint density at radius 2 is 2.32 bits per heavy atom. The van der Waals surface area contributed by atoms with E-state index in [9.17, 15) is 9.59 Å². The highest BCUT2D eigenvalue weighted by Gasteiger charge is 2.13. The molecule has 1 N–H and O–H groups in total. The number of carbonyl (C=O) groups is 2. The van der Waals surface area contributed by atoms with E-state index < -0.39 is 5.91 Å². The monoisotopic (exact) mass is 282 g/mol. The second-order valence-corrected chi connectivity index (χ2v) is 3.78. The molecule has 6 nitrogen and oxygen atoms in total. The molecule has 1 amide bonds. The number of hydrogen-bond acceptors (Lipinski definition) is 5. The third kappa shape index (κ3) is 4.16. The number of rotatable bonds is 6. The number of ether oxygens (including phenoxy) is 2. The van der Waals surface area contributed by atoms with Crippen molar-refractivity contribution in [2.75, 3.05) is 20.3 Å². The van der Waals surface area contributed by atoms with Crippen LogP contribution in [0.1, 0.15) is 10.4 Å². The van der Waals surface area contributed by atoms with Gasteiger partial charge in [0.25, 0.3) is 5.91 Å². The van der Waals surface area contributed by atoms with E-state index in [1.807, 2.05) is 0 Å². The third-order valence-corrected chi connectivity index (χ3v) is 2.38. The summed E-state index contributed by atoms with van der Waals surface area (Å²) in [7, 11) is 1.39. The molecule has 0 fully saturated rings. The maximum absolute atomic E-state index is 11.3. The zero-order valence-electron chi connectivity index (χ0n) is 10.1. The molecule has 0 unspecified atom stereocenters. The van der Waals surface area contributed by atoms with Gasteiger partial charge in [0.1, 0.15) is 12.8 Å². The van der Waals surface area contributed by atoms with Gasteiger partial charge in [-0.25, -0.2) is 0 Å². The fourth-order valence-corrected chi connectivity index (χ4v) is 1.55. The molecule has 0 saturated carbocycles. The zero-order chi connectivity index (χ0) is 14.3. The number of nitrogens with one attached hydrogen (secondary N) is 1. The molecule has 100 valence electrons. The van der Waals surface area contributed by atoms with Gasteiger partial charge in [-0.1, -0.05) is 11.6 Å². The highest BCUT2D eigenvalue weighted by molar-refractivity contribution is 6.32. The molecule has 19 heavy (non-hydrogen) atoms. The van der Waals surface area contributed by atoms with Gasteiger partial charge in [0.05, 0.1) is 18.2 Å². The first-order chi connectivity index (χ1) is 9.12. The Hall–Kier alpha value is -2.26. The smallest absolute Gasteiger partial charge is 0.258 e. The Labute approximate surface area is 114 Å². The summed E-state index contributed by atoms with van der Waals surface area (Å²) >= 11 is 5.93. The van der Waals surface area contributed by atoms with Crippen LogP contribution in [0.5, 0.6) is 11.5 Å². The van der Waals surface area contributed by atoms with Crippen molar-refractivity contribution in [2.24, 2.45) is 0 Å². The number of benzene rings is 1. The molecule has 1 aromatic rings. The van der Waals surface area contributed by atoms with Crippen LogP contribution in [0.4, 0.5) is 0 Å². The third-order valence-electron chi connectivity index (χ3n) is 2.10. The minimum Gasteiger partial charge on any atom is -0.493 e. The standard InChI is InChI=1S/C12H11ClN2O4/c1-18-10-5-8(6-16)4-9(13)12(10)19-7-11(17)15-3-2-14/h4-6H,3,7H2,1H3,(H,15,17). The normalized spacial score (nSPS) is 9.32. The van der Waals surface area contributed by atoms with Crippen LogP contribution in [0.3, 0.4) is 0 Å². The molecular weight excluding hydrogens is 272 g/mol. The molecule has 0 atom stereocenters. The van der Waals surface area contributed by atoms with Crippen molar-refractivity contribution in [2.45, 2.75) is 0 Å². The Kier molecular flexibility index (Phi) is 5.64. The molecule has 0 aliphatic rings. The molecule has 1 rings (SSSR count). The summed E-state index contributed by atoms with van der Waals surface area (Å²) in [5.41, 5.74) is 0.336. The fraction of sp³-hybridized carbons (Fsp3) is 0.250. The van der Waals surface area contributed by atoms with Crippen molar-refractivity contribution in [3.05, 3.63) is 22.7 Å². The van der Waals surface area contributed by atoms with Crippen LogP contribution in [0.2, 0.25) is 5.02 Å². The summed E-state index contributed by atoms with van der Waals surface area (Å²) in [5.74, 6) is -0.0382. The Balaban J connectivity index is 2.80. The minimum absolute atomic E-state index is 0.100. The van der Waals surface area contributed by atoms with Crippen LogP contribution in [-0.4, -0.2) is 32.5 Å². The average molecular weight is 283 g/mol. The summed E-state index contributed by atoms with van der Waals surface area (Å²) in [6, 6.07) is 4.62. The number of carbonyl (C=O) groups excluding carboxylic acids is 2. The van der Waals surface area contributed by atoms with E-state index >= 15 is 0 Å². The van der Waals surface area contributed by atoms with Gasteiger partial charge in [0.2, 0.25) is 0 Å². The number of hydrogen-bond donors (Lipinski definition) is 1. The molecule has 0 heterocycles. The van der Waals surface area contributed by atoms with E-state index in [-0.39, 0.29) is 29.7 Å². The molecule has 0 aliphatic heterocycles. The van der Waals surface area contributed by atoms with Crippen LogP contribution in [0, 0.1) is 11.3 Å². The lowest BCUT2D eigenvalue weighted by Crippen LogP contribution is -2.29. The molecular formula is C12H11ClN2O4. The van der Waals surface area contributed by atoms with Crippen LogP contribution in [0.25, 0.3) is 0 Å². The van der Waals surface area contributed by atoms with E-state index in [2.05, 4.69) is 5.32 Å². The molecule has 0 bridgehead atoms. The van der Waals surface area contributed by atoms with Crippen LogP contribution in [0.15, 0.2) is 12.1 Å². The molecule has 0 spiro atoms. The number of aldehydes is 1. The van der Waals surface area contributed by atoms with Crippen molar-refractivity contribution in [3.8, 4) is 17.6 Å². The van der Waals surface area contributed by atoms with E-state index in [1.165, 1.54) is 19.2 Å². The van der Waals surface area contributed by atoms with Crippen molar-refractivity contribution < 1.29 is 19.1 Å². The second kappa shape index (κ2) is 7.24. The second-order valence-electron chi connectivity index (χ2n) is 3.38. The summed E-state index contributed by atoms with van der Waals surface area (Å²) in [5, 5.41) is 10.8. The Bertz CT molecular complexity index is 525. The first kappa shape index (κ1) is 14.8. The molecule has 0 saturated heterocycles. The van der Waals surface area contributed by atoms with Crippen molar-refractivity contribution in [1.82, 2.24) is 5.32 Å². The lowest BCUT2D eigenvalue weighted by atomic mass is 10.2. The number of methoxy groups -OCH3 is 1. The maximum Gasteiger partial charge on any atom is 0.258 e. The average Bonchev–Trinajstić information content (AvgIpc) is 2.42. The molecule has 0 aliphatic carbocycles. The van der Waals surface area contributed by atoms with Gasteiger partial charge in [-0.05, 0) is 12.1 Å². The highest BCUT2D eigenvalue weighted by Crippen LogP contribution is 2.35. The van der Waals surface area contributed by atoms with Crippen LogP contribution in [-0.2, 0) is 4.79 Å².